The molecule has 1 amide bonds. The molecule has 6 heteroatoms. The highest BCUT2D eigenvalue weighted by Gasteiger charge is 2.30. The Balaban J connectivity index is 1.84. The van der Waals surface area contributed by atoms with E-state index in [2.05, 4.69) is 26.8 Å². The van der Waals surface area contributed by atoms with Crippen molar-refractivity contribution in [2.75, 3.05) is 0 Å². The first kappa shape index (κ1) is 19.1. The first-order valence-electron chi connectivity index (χ1n) is 9.30. The van der Waals surface area contributed by atoms with Gasteiger partial charge in [-0.15, -0.1) is 11.8 Å². The maximum Gasteiger partial charge on any atom is 0.408 e. The molecule has 1 fully saturated rings. The average molecular weight is 376 g/mol. The van der Waals surface area contributed by atoms with Crippen molar-refractivity contribution in [3.8, 4) is 0 Å². The number of amides is 1. The van der Waals surface area contributed by atoms with Crippen molar-refractivity contribution >= 4 is 23.4 Å². The van der Waals surface area contributed by atoms with E-state index in [-0.39, 0.29) is 0 Å². The van der Waals surface area contributed by atoms with Crippen LogP contribution in [0, 0.1) is 0 Å². The Morgan fingerprint density at radius 2 is 1.96 bits per heavy atom. The minimum atomic E-state index is -0.647. The van der Waals surface area contributed by atoms with E-state index in [0.717, 1.165) is 11.3 Å². The van der Waals surface area contributed by atoms with Crippen LogP contribution in [0.3, 0.4) is 0 Å². The number of carbonyl (C=O) groups is 1. The van der Waals surface area contributed by atoms with Gasteiger partial charge in [-0.3, -0.25) is 0 Å². The molecular formula is C20H29N3O2S. The van der Waals surface area contributed by atoms with Crippen molar-refractivity contribution in [2.45, 2.75) is 81.6 Å². The number of imidazole rings is 1. The van der Waals surface area contributed by atoms with Crippen molar-refractivity contribution < 1.29 is 9.53 Å². The summed E-state index contributed by atoms with van der Waals surface area (Å²) in [7, 11) is 0. The third kappa shape index (κ3) is 4.34. The summed E-state index contributed by atoms with van der Waals surface area (Å²) in [6.45, 7) is 9.47. The SMILES string of the molecule is CC(C)(C)OC(=O)NC(C)(C)c1ncc2c(SC3CCCC3)cccn12. The quantitative estimate of drug-likeness (QED) is 0.805. The van der Waals surface area contributed by atoms with Gasteiger partial charge in [0.05, 0.1) is 17.3 Å². The molecule has 142 valence electrons. The maximum atomic E-state index is 12.2. The summed E-state index contributed by atoms with van der Waals surface area (Å²) in [4.78, 5) is 18.1. The van der Waals surface area contributed by atoms with Crippen molar-refractivity contribution in [3.05, 3.63) is 30.4 Å². The monoisotopic (exact) mass is 375 g/mol. The van der Waals surface area contributed by atoms with Gasteiger partial charge in [-0.05, 0) is 59.6 Å². The van der Waals surface area contributed by atoms with Gasteiger partial charge in [-0.1, -0.05) is 12.8 Å². The highest BCUT2D eigenvalue weighted by Crippen LogP contribution is 2.37. The fraction of sp³-hybridized carbons (Fsp3) is 0.600. The van der Waals surface area contributed by atoms with Crippen LogP contribution in [-0.4, -0.2) is 26.3 Å². The summed E-state index contributed by atoms with van der Waals surface area (Å²) in [5.74, 6) is 0.798. The highest BCUT2D eigenvalue weighted by molar-refractivity contribution is 8.00. The lowest BCUT2D eigenvalue weighted by atomic mass is 10.1. The number of pyridine rings is 1. The molecule has 26 heavy (non-hydrogen) atoms. The van der Waals surface area contributed by atoms with E-state index in [4.69, 9.17) is 4.74 Å². The molecule has 1 aliphatic carbocycles. The van der Waals surface area contributed by atoms with E-state index in [1.165, 1.54) is 30.6 Å². The Hall–Kier alpha value is -1.69. The number of carbonyl (C=O) groups excluding carboxylic acids is 1. The lowest BCUT2D eigenvalue weighted by Crippen LogP contribution is -2.44. The van der Waals surface area contributed by atoms with E-state index < -0.39 is 17.2 Å². The molecule has 0 aromatic carbocycles. The van der Waals surface area contributed by atoms with E-state index in [1.54, 1.807) is 0 Å². The number of ether oxygens (including phenoxy) is 1. The molecule has 1 saturated carbocycles. The number of thioether (sulfide) groups is 1. The molecule has 2 heterocycles. The second kappa shape index (κ2) is 7.14. The summed E-state index contributed by atoms with van der Waals surface area (Å²) in [6.07, 6.45) is 8.73. The predicted octanol–water partition coefficient (Wildman–Crippen LogP) is 5.13. The second-order valence-electron chi connectivity index (χ2n) is 8.49. The number of fused-ring (bicyclic) bond motifs is 1. The Labute approximate surface area is 159 Å². The zero-order chi connectivity index (χ0) is 18.9. The molecule has 1 N–H and O–H groups in total. The summed E-state index contributed by atoms with van der Waals surface area (Å²) in [5.41, 5.74) is -0.0795. The number of nitrogens with one attached hydrogen (secondary N) is 1. The normalized spacial score (nSPS) is 16.2. The molecule has 3 rings (SSSR count). The molecule has 0 unspecified atom stereocenters. The summed E-state index contributed by atoms with van der Waals surface area (Å²) >= 11 is 1.95. The fourth-order valence-corrected chi connectivity index (χ4v) is 4.72. The third-order valence-electron chi connectivity index (χ3n) is 4.50. The average Bonchev–Trinajstić information content (AvgIpc) is 3.13. The minimum absolute atomic E-state index is 0.435. The smallest absolute Gasteiger partial charge is 0.408 e. The van der Waals surface area contributed by atoms with Crippen molar-refractivity contribution in [1.82, 2.24) is 14.7 Å². The standard InChI is InChI=1S/C20H29N3O2S/c1-19(2,3)25-18(24)22-20(4,5)17-21-13-15-16(11-8-12-23(15)17)26-14-9-6-7-10-14/h8,11-14H,6-7,9-10H2,1-5H3,(H,22,24). The van der Waals surface area contributed by atoms with Gasteiger partial charge in [0.15, 0.2) is 0 Å². The number of aromatic nitrogens is 2. The van der Waals surface area contributed by atoms with Crippen LogP contribution in [0.1, 0.15) is 66.1 Å². The van der Waals surface area contributed by atoms with E-state index in [9.17, 15) is 4.79 Å². The van der Waals surface area contributed by atoms with Gasteiger partial charge >= 0.3 is 6.09 Å². The number of nitrogens with zero attached hydrogens (tertiary/aromatic N) is 2. The first-order chi connectivity index (χ1) is 12.2. The van der Waals surface area contributed by atoms with E-state index in [1.807, 2.05) is 58.8 Å². The van der Waals surface area contributed by atoms with Gasteiger partial charge in [0.2, 0.25) is 0 Å². The molecule has 0 bridgehead atoms. The summed E-state index contributed by atoms with van der Waals surface area (Å²) in [6, 6.07) is 4.22. The van der Waals surface area contributed by atoms with Gasteiger partial charge in [0, 0.05) is 16.3 Å². The molecule has 0 aliphatic heterocycles. The first-order valence-corrected chi connectivity index (χ1v) is 10.2. The van der Waals surface area contributed by atoms with Crippen LogP contribution >= 0.6 is 11.8 Å². The molecule has 0 spiro atoms. The van der Waals surface area contributed by atoms with E-state index in [0.29, 0.717) is 5.25 Å². The van der Waals surface area contributed by atoms with Crippen molar-refractivity contribution in [3.63, 3.8) is 0 Å². The van der Waals surface area contributed by atoms with Crippen LogP contribution in [-0.2, 0) is 10.3 Å². The minimum Gasteiger partial charge on any atom is -0.444 e. The van der Waals surface area contributed by atoms with Crippen LogP contribution in [0.4, 0.5) is 4.79 Å². The van der Waals surface area contributed by atoms with Gasteiger partial charge in [-0.25, -0.2) is 9.78 Å². The fourth-order valence-electron chi connectivity index (χ4n) is 3.36. The Morgan fingerprint density at radius 1 is 1.27 bits per heavy atom. The van der Waals surface area contributed by atoms with Crippen LogP contribution in [0.5, 0.6) is 0 Å². The third-order valence-corrected chi connectivity index (χ3v) is 5.90. The lowest BCUT2D eigenvalue weighted by molar-refractivity contribution is 0.0466. The molecule has 2 aromatic rings. The summed E-state index contributed by atoms with van der Waals surface area (Å²) < 4.78 is 7.48. The van der Waals surface area contributed by atoms with Crippen LogP contribution < -0.4 is 5.32 Å². The zero-order valence-electron chi connectivity index (χ0n) is 16.3. The van der Waals surface area contributed by atoms with E-state index >= 15 is 0 Å². The van der Waals surface area contributed by atoms with Gasteiger partial charge in [0.25, 0.3) is 0 Å². The van der Waals surface area contributed by atoms with Crippen LogP contribution in [0.15, 0.2) is 29.4 Å². The van der Waals surface area contributed by atoms with Crippen LogP contribution in [0.25, 0.3) is 5.52 Å². The largest absolute Gasteiger partial charge is 0.444 e. The van der Waals surface area contributed by atoms with Crippen molar-refractivity contribution in [1.29, 1.82) is 0 Å². The van der Waals surface area contributed by atoms with Crippen molar-refractivity contribution in [2.24, 2.45) is 0 Å². The number of hydrogen-bond acceptors (Lipinski definition) is 4. The zero-order valence-corrected chi connectivity index (χ0v) is 17.2. The number of alkyl carbamates (subject to hydrolysis) is 1. The Kier molecular flexibility index (Phi) is 5.24. The van der Waals surface area contributed by atoms with Gasteiger partial charge < -0.3 is 14.5 Å². The highest BCUT2D eigenvalue weighted by atomic mass is 32.2. The molecule has 1 aliphatic rings. The molecule has 2 aromatic heterocycles. The topological polar surface area (TPSA) is 55.6 Å². The molecular weight excluding hydrogens is 346 g/mol. The predicted molar refractivity (Wildman–Crippen MR) is 106 cm³/mol. The van der Waals surface area contributed by atoms with Gasteiger partial charge in [-0.2, -0.15) is 0 Å². The summed E-state index contributed by atoms with van der Waals surface area (Å²) in [5, 5.41) is 3.65. The second-order valence-corrected chi connectivity index (χ2v) is 9.83. The number of hydrogen-bond donors (Lipinski definition) is 1. The Bertz CT molecular complexity index is 786. The molecule has 0 atom stereocenters. The Morgan fingerprint density at radius 3 is 2.62 bits per heavy atom. The number of rotatable bonds is 4. The molecule has 0 saturated heterocycles. The maximum absolute atomic E-state index is 12.2. The molecule has 0 radical (unpaired) electrons. The lowest BCUT2D eigenvalue weighted by Gasteiger charge is -2.27. The van der Waals surface area contributed by atoms with Crippen LogP contribution in [0.2, 0.25) is 0 Å². The molecule has 5 nitrogen and oxygen atoms in total. The van der Waals surface area contributed by atoms with Gasteiger partial charge in [0.1, 0.15) is 11.4 Å².